The molecule has 1 aliphatic heterocycles. The summed E-state index contributed by atoms with van der Waals surface area (Å²) in [4.78, 5) is 17.4. The molecule has 0 radical (unpaired) electrons. The number of hydrogen-bond acceptors (Lipinski definition) is 5. The van der Waals surface area contributed by atoms with Gasteiger partial charge in [-0.05, 0) is 38.5 Å². The average Bonchev–Trinajstić information content (AvgIpc) is 3.11. The van der Waals surface area contributed by atoms with Gasteiger partial charge in [0, 0.05) is 4.88 Å². The van der Waals surface area contributed by atoms with E-state index in [1.807, 2.05) is 13.0 Å². The fraction of sp³-hybridized carbons (Fsp3) is 0.444. The Morgan fingerprint density at radius 2 is 1.88 bits per heavy atom. The number of nitrogens with zero attached hydrogens (tertiary/aromatic N) is 3. The Morgan fingerprint density at radius 3 is 2.56 bits per heavy atom. The monoisotopic (exact) mass is 393 g/mol. The normalized spacial score (nSPS) is 16.1. The summed E-state index contributed by atoms with van der Waals surface area (Å²) in [6, 6.07) is 4.15. The lowest BCUT2D eigenvalue weighted by Crippen LogP contribution is -3.13. The molecule has 1 saturated heterocycles. The molecule has 0 aliphatic carbocycles. The lowest BCUT2D eigenvalue weighted by molar-refractivity contribution is -0.914. The summed E-state index contributed by atoms with van der Waals surface area (Å²) in [5, 5.41) is 1.25. The van der Waals surface area contributed by atoms with Crippen LogP contribution in [-0.4, -0.2) is 36.1 Å². The third kappa shape index (κ3) is 3.40. The van der Waals surface area contributed by atoms with E-state index in [0.717, 1.165) is 53.5 Å². The molecule has 0 unspecified atom stereocenters. The molecular formula is C18H22ClN4S2+. The Bertz CT molecular complexity index is 909. The lowest BCUT2D eigenvalue weighted by atomic mass is 10.2. The average molecular weight is 394 g/mol. The van der Waals surface area contributed by atoms with Crippen molar-refractivity contribution in [3.8, 4) is 0 Å². The SMILES string of the molecule is Cc1nc(N2CC[NH+](Cc3ccc(Cl)s3)CC2)c2c(C)c(C)sc2n1. The van der Waals surface area contributed by atoms with Gasteiger partial charge in [-0.3, -0.25) is 0 Å². The molecule has 0 bridgehead atoms. The van der Waals surface area contributed by atoms with Crippen molar-refractivity contribution in [1.82, 2.24) is 9.97 Å². The highest BCUT2D eigenvalue weighted by Gasteiger charge is 2.25. The molecule has 0 amide bonds. The maximum atomic E-state index is 6.06. The summed E-state index contributed by atoms with van der Waals surface area (Å²) in [5.41, 5.74) is 1.33. The molecule has 4 rings (SSSR count). The van der Waals surface area contributed by atoms with Crippen LogP contribution in [0.1, 0.15) is 21.1 Å². The number of fused-ring (bicyclic) bond motifs is 1. The summed E-state index contributed by atoms with van der Waals surface area (Å²) in [5.74, 6) is 1.99. The number of hydrogen-bond donors (Lipinski definition) is 1. The summed E-state index contributed by atoms with van der Waals surface area (Å²) in [7, 11) is 0. The number of thiophene rings is 2. The zero-order valence-corrected chi connectivity index (χ0v) is 17.1. The summed E-state index contributed by atoms with van der Waals surface area (Å²) < 4.78 is 0.884. The second-order valence-corrected chi connectivity index (χ2v) is 9.68. The number of aryl methyl sites for hydroxylation is 3. The second-order valence-electron chi connectivity index (χ2n) is 6.68. The largest absolute Gasteiger partial charge is 0.345 e. The molecule has 0 spiro atoms. The van der Waals surface area contributed by atoms with Crippen molar-refractivity contribution in [3.63, 3.8) is 0 Å². The molecule has 3 aromatic heterocycles. The van der Waals surface area contributed by atoms with Crippen molar-refractivity contribution < 1.29 is 4.90 Å². The molecule has 132 valence electrons. The van der Waals surface area contributed by atoms with Crippen molar-refractivity contribution in [2.45, 2.75) is 27.3 Å². The number of quaternary nitrogens is 1. The van der Waals surface area contributed by atoms with Gasteiger partial charge in [-0.15, -0.1) is 22.7 Å². The molecule has 0 aromatic carbocycles. The van der Waals surface area contributed by atoms with Crippen LogP contribution in [0.2, 0.25) is 4.34 Å². The smallest absolute Gasteiger partial charge is 0.141 e. The van der Waals surface area contributed by atoms with Crippen molar-refractivity contribution >= 4 is 50.3 Å². The molecule has 1 fully saturated rings. The van der Waals surface area contributed by atoms with Gasteiger partial charge in [0.2, 0.25) is 0 Å². The quantitative estimate of drug-likeness (QED) is 0.741. The Labute approximate surface area is 161 Å². The number of halogens is 1. The van der Waals surface area contributed by atoms with E-state index in [0.29, 0.717) is 0 Å². The van der Waals surface area contributed by atoms with Crippen LogP contribution < -0.4 is 9.80 Å². The van der Waals surface area contributed by atoms with Gasteiger partial charge in [-0.1, -0.05) is 11.6 Å². The van der Waals surface area contributed by atoms with E-state index in [1.165, 1.54) is 20.7 Å². The van der Waals surface area contributed by atoms with E-state index in [4.69, 9.17) is 16.6 Å². The first kappa shape index (κ1) is 17.2. The Morgan fingerprint density at radius 1 is 1.12 bits per heavy atom. The van der Waals surface area contributed by atoms with Crippen LogP contribution in [-0.2, 0) is 6.54 Å². The summed E-state index contributed by atoms with van der Waals surface area (Å²) in [6.45, 7) is 11.8. The fourth-order valence-electron chi connectivity index (χ4n) is 3.47. The van der Waals surface area contributed by atoms with Gasteiger partial charge >= 0.3 is 0 Å². The van der Waals surface area contributed by atoms with Crippen molar-refractivity contribution in [2.24, 2.45) is 0 Å². The highest BCUT2D eigenvalue weighted by Crippen LogP contribution is 2.34. The zero-order chi connectivity index (χ0) is 17.6. The first-order valence-corrected chi connectivity index (χ1v) is 10.6. The van der Waals surface area contributed by atoms with E-state index in [9.17, 15) is 0 Å². The van der Waals surface area contributed by atoms with Crippen LogP contribution in [0.3, 0.4) is 0 Å². The van der Waals surface area contributed by atoms with E-state index in [2.05, 4.69) is 29.8 Å². The zero-order valence-electron chi connectivity index (χ0n) is 14.7. The van der Waals surface area contributed by atoms with Crippen LogP contribution in [0.15, 0.2) is 12.1 Å². The van der Waals surface area contributed by atoms with E-state index in [-0.39, 0.29) is 0 Å². The lowest BCUT2D eigenvalue weighted by Gasteiger charge is -2.33. The van der Waals surface area contributed by atoms with Crippen LogP contribution in [0.25, 0.3) is 10.2 Å². The van der Waals surface area contributed by atoms with Crippen molar-refractivity contribution in [3.05, 3.63) is 37.6 Å². The van der Waals surface area contributed by atoms with E-state index < -0.39 is 0 Å². The third-order valence-corrected chi connectivity index (χ3v) is 7.28. The van der Waals surface area contributed by atoms with Gasteiger partial charge < -0.3 is 9.80 Å². The standard InChI is InChI=1S/C18H21ClN4S2/c1-11-12(2)24-18-16(11)17(20-13(3)21-18)23-8-6-22(7-9-23)10-14-4-5-15(19)25-14/h4-5H,6-10H2,1-3H3/p+1. The van der Waals surface area contributed by atoms with Gasteiger partial charge in [0.1, 0.15) is 23.0 Å². The van der Waals surface area contributed by atoms with Gasteiger partial charge in [-0.25, -0.2) is 9.97 Å². The van der Waals surface area contributed by atoms with Crippen LogP contribution in [0.4, 0.5) is 5.82 Å². The number of rotatable bonds is 3. The van der Waals surface area contributed by atoms with Crippen LogP contribution in [0, 0.1) is 20.8 Å². The first-order chi connectivity index (χ1) is 12.0. The molecule has 4 nitrogen and oxygen atoms in total. The minimum Gasteiger partial charge on any atom is -0.345 e. The van der Waals surface area contributed by atoms with Gasteiger partial charge in [0.25, 0.3) is 0 Å². The Hall–Kier alpha value is -1.21. The highest BCUT2D eigenvalue weighted by atomic mass is 35.5. The van der Waals surface area contributed by atoms with Gasteiger partial charge in [0.05, 0.1) is 40.8 Å². The number of piperazine rings is 1. The number of anilines is 1. The maximum Gasteiger partial charge on any atom is 0.141 e. The third-order valence-electron chi connectivity index (χ3n) is 4.94. The highest BCUT2D eigenvalue weighted by molar-refractivity contribution is 7.18. The minimum absolute atomic E-state index is 0.867. The van der Waals surface area contributed by atoms with Gasteiger partial charge in [0.15, 0.2) is 0 Å². The summed E-state index contributed by atoms with van der Waals surface area (Å²) in [6.07, 6.45) is 0. The second kappa shape index (κ2) is 6.83. The summed E-state index contributed by atoms with van der Waals surface area (Å²) >= 11 is 9.54. The van der Waals surface area contributed by atoms with Crippen LogP contribution in [0.5, 0.6) is 0 Å². The minimum atomic E-state index is 0.867. The molecule has 0 saturated carbocycles. The Balaban J connectivity index is 1.53. The molecular weight excluding hydrogens is 372 g/mol. The van der Waals surface area contributed by atoms with Crippen molar-refractivity contribution in [1.29, 1.82) is 0 Å². The number of aromatic nitrogens is 2. The molecule has 3 aromatic rings. The van der Waals surface area contributed by atoms with Crippen molar-refractivity contribution in [2.75, 3.05) is 31.1 Å². The fourth-order valence-corrected chi connectivity index (χ4v) is 5.69. The van der Waals surface area contributed by atoms with Crippen LogP contribution >= 0.6 is 34.3 Å². The number of nitrogens with one attached hydrogen (secondary N) is 1. The molecule has 1 aliphatic rings. The first-order valence-electron chi connectivity index (χ1n) is 8.58. The topological polar surface area (TPSA) is 33.5 Å². The molecule has 0 atom stereocenters. The predicted molar refractivity (Wildman–Crippen MR) is 108 cm³/mol. The van der Waals surface area contributed by atoms with E-state index >= 15 is 0 Å². The van der Waals surface area contributed by atoms with Gasteiger partial charge in [-0.2, -0.15) is 0 Å². The van der Waals surface area contributed by atoms with E-state index in [1.54, 1.807) is 27.6 Å². The predicted octanol–water partition coefficient (Wildman–Crippen LogP) is 3.24. The molecule has 25 heavy (non-hydrogen) atoms. The molecule has 1 N–H and O–H groups in total. The molecule has 7 heteroatoms. The maximum absolute atomic E-state index is 6.06. The molecule has 4 heterocycles. The Kier molecular flexibility index (Phi) is 4.71.